The number of benzene rings is 3. The number of fused-ring (bicyclic) bond motifs is 1. The molecule has 0 radical (unpaired) electrons. The van der Waals surface area contributed by atoms with Crippen molar-refractivity contribution in [2.24, 2.45) is 0 Å². The summed E-state index contributed by atoms with van der Waals surface area (Å²) in [7, 11) is 0. The molecule has 1 aromatic heterocycles. The SMILES string of the molecule is CC1(c2cccc3ccccc23)C(=O)N(CCCn2ccnc2)C(=O)N1Cc1ccc(C(=O)N2CCN(C(=O)O)CC2)cc1. The second-order valence-corrected chi connectivity index (χ2v) is 11.3. The molecule has 44 heavy (non-hydrogen) atoms. The largest absolute Gasteiger partial charge is 0.465 e. The number of hydrogen-bond donors (Lipinski definition) is 1. The smallest absolute Gasteiger partial charge is 0.407 e. The van der Waals surface area contributed by atoms with Crippen LogP contribution in [0.1, 0.15) is 34.8 Å². The maximum Gasteiger partial charge on any atom is 0.407 e. The predicted octanol–water partition coefficient (Wildman–Crippen LogP) is 4.24. The minimum Gasteiger partial charge on any atom is -0.465 e. The van der Waals surface area contributed by atoms with Crippen LogP contribution in [0.5, 0.6) is 0 Å². The normalized spacial score (nSPS) is 18.8. The molecular formula is C33H34N6O5. The minimum atomic E-state index is -1.24. The number of imidazole rings is 1. The molecule has 2 saturated heterocycles. The van der Waals surface area contributed by atoms with Crippen molar-refractivity contribution in [3.63, 3.8) is 0 Å². The molecule has 226 valence electrons. The lowest BCUT2D eigenvalue weighted by Gasteiger charge is -2.33. The van der Waals surface area contributed by atoms with E-state index in [1.807, 2.05) is 72.3 Å². The number of carbonyl (C=O) groups excluding carboxylic acids is 3. The zero-order valence-corrected chi connectivity index (χ0v) is 24.5. The van der Waals surface area contributed by atoms with E-state index in [2.05, 4.69) is 4.98 Å². The highest BCUT2D eigenvalue weighted by molar-refractivity contribution is 6.09. The average molecular weight is 595 g/mol. The third-order valence-electron chi connectivity index (χ3n) is 8.71. The molecule has 5 amide bonds. The van der Waals surface area contributed by atoms with Gasteiger partial charge in [0, 0.05) is 63.8 Å². The first-order valence-electron chi connectivity index (χ1n) is 14.7. The van der Waals surface area contributed by atoms with Gasteiger partial charge in [0.2, 0.25) is 0 Å². The van der Waals surface area contributed by atoms with Crippen molar-refractivity contribution in [3.05, 3.63) is 102 Å². The fraction of sp³-hybridized carbons (Fsp3) is 0.303. The number of carboxylic acid groups (broad SMARTS) is 1. The van der Waals surface area contributed by atoms with Crippen LogP contribution >= 0.6 is 0 Å². The molecule has 2 fully saturated rings. The Morgan fingerprint density at radius 1 is 0.886 bits per heavy atom. The molecule has 2 aliphatic heterocycles. The number of rotatable bonds is 8. The van der Waals surface area contributed by atoms with E-state index in [9.17, 15) is 24.3 Å². The lowest BCUT2D eigenvalue weighted by atomic mass is 9.86. The van der Waals surface area contributed by atoms with Gasteiger partial charge in [0.15, 0.2) is 0 Å². The first kappa shape index (κ1) is 28.9. The predicted molar refractivity (Wildman–Crippen MR) is 163 cm³/mol. The van der Waals surface area contributed by atoms with Gasteiger partial charge in [-0.25, -0.2) is 14.6 Å². The number of aromatic nitrogens is 2. The molecule has 1 N–H and O–H groups in total. The summed E-state index contributed by atoms with van der Waals surface area (Å²) in [5.41, 5.74) is 0.786. The lowest BCUT2D eigenvalue weighted by Crippen LogP contribution is -2.50. The third-order valence-corrected chi connectivity index (χ3v) is 8.71. The van der Waals surface area contributed by atoms with Crippen molar-refractivity contribution in [2.45, 2.75) is 32.0 Å². The monoisotopic (exact) mass is 594 g/mol. The van der Waals surface area contributed by atoms with Crippen LogP contribution in [0.2, 0.25) is 0 Å². The van der Waals surface area contributed by atoms with Crippen LogP contribution in [-0.2, 0) is 23.4 Å². The topological polar surface area (TPSA) is 119 Å². The van der Waals surface area contributed by atoms with Crippen molar-refractivity contribution in [2.75, 3.05) is 32.7 Å². The molecule has 1 unspecified atom stereocenters. The number of hydrogen-bond acceptors (Lipinski definition) is 5. The van der Waals surface area contributed by atoms with Gasteiger partial charge in [0.1, 0.15) is 5.54 Å². The van der Waals surface area contributed by atoms with Gasteiger partial charge in [-0.2, -0.15) is 0 Å². The zero-order chi connectivity index (χ0) is 30.8. The molecule has 3 heterocycles. The van der Waals surface area contributed by atoms with Crippen LogP contribution in [-0.4, -0.2) is 90.9 Å². The Morgan fingerprint density at radius 2 is 1.59 bits per heavy atom. The summed E-state index contributed by atoms with van der Waals surface area (Å²) in [6.07, 6.45) is 4.87. The van der Waals surface area contributed by atoms with E-state index in [-0.39, 0.29) is 44.0 Å². The van der Waals surface area contributed by atoms with E-state index in [1.165, 1.54) is 9.80 Å². The Morgan fingerprint density at radius 3 is 2.30 bits per heavy atom. The van der Waals surface area contributed by atoms with Crippen molar-refractivity contribution in [1.82, 2.24) is 29.2 Å². The molecule has 0 spiro atoms. The van der Waals surface area contributed by atoms with E-state index >= 15 is 0 Å². The number of aryl methyl sites for hydroxylation is 1. The maximum absolute atomic E-state index is 14.2. The molecule has 6 rings (SSSR count). The first-order chi connectivity index (χ1) is 21.3. The van der Waals surface area contributed by atoms with Gasteiger partial charge in [-0.3, -0.25) is 14.5 Å². The van der Waals surface area contributed by atoms with Crippen molar-refractivity contribution in [1.29, 1.82) is 0 Å². The minimum absolute atomic E-state index is 0.168. The molecule has 1 atom stereocenters. The van der Waals surface area contributed by atoms with Gasteiger partial charge in [-0.15, -0.1) is 0 Å². The van der Waals surface area contributed by atoms with Gasteiger partial charge < -0.3 is 24.4 Å². The summed E-state index contributed by atoms with van der Waals surface area (Å²) >= 11 is 0. The molecule has 0 saturated carbocycles. The Bertz CT molecular complexity index is 1690. The summed E-state index contributed by atoms with van der Waals surface area (Å²) in [6, 6.07) is 20.4. The van der Waals surface area contributed by atoms with E-state index in [1.54, 1.807) is 34.5 Å². The molecule has 2 aliphatic rings. The van der Waals surface area contributed by atoms with Crippen LogP contribution in [0.25, 0.3) is 10.8 Å². The second-order valence-electron chi connectivity index (χ2n) is 11.3. The summed E-state index contributed by atoms with van der Waals surface area (Å²) < 4.78 is 1.92. The summed E-state index contributed by atoms with van der Waals surface area (Å²) in [5, 5.41) is 11.1. The quantitative estimate of drug-likeness (QED) is 0.305. The van der Waals surface area contributed by atoms with Crippen molar-refractivity contribution < 1.29 is 24.3 Å². The molecule has 3 aromatic carbocycles. The van der Waals surface area contributed by atoms with Gasteiger partial charge in [0.05, 0.1) is 6.33 Å². The zero-order valence-electron chi connectivity index (χ0n) is 24.5. The van der Waals surface area contributed by atoms with Crippen LogP contribution in [0.3, 0.4) is 0 Å². The van der Waals surface area contributed by atoms with E-state index in [4.69, 9.17) is 0 Å². The third kappa shape index (κ3) is 5.25. The molecule has 11 heteroatoms. The van der Waals surface area contributed by atoms with Crippen LogP contribution in [0.4, 0.5) is 9.59 Å². The first-order valence-corrected chi connectivity index (χ1v) is 14.7. The number of carbonyl (C=O) groups is 4. The number of imide groups is 1. The van der Waals surface area contributed by atoms with Crippen LogP contribution in [0, 0.1) is 0 Å². The Labute approximate surface area is 254 Å². The van der Waals surface area contributed by atoms with E-state index in [0.717, 1.165) is 21.9 Å². The van der Waals surface area contributed by atoms with Gasteiger partial charge >= 0.3 is 12.1 Å². The molecule has 11 nitrogen and oxygen atoms in total. The standard InChI is InChI=1S/C33H34N6O5/c1-33(28-9-4-7-25-6-2-3-8-27(25)28)30(41)38(16-5-15-35-17-14-34-23-35)31(42)39(33)22-24-10-12-26(13-11-24)29(40)36-18-20-37(21-19-36)32(43)44/h2-4,6-14,17,23H,5,15-16,18-22H2,1H3,(H,43,44). The molecular weight excluding hydrogens is 560 g/mol. The molecule has 0 aliphatic carbocycles. The number of amides is 5. The number of urea groups is 1. The summed E-state index contributed by atoms with van der Waals surface area (Å²) in [4.78, 5) is 62.5. The van der Waals surface area contributed by atoms with Crippen molar-refractivity contribution >= 4 is 34.7 Å². The second kappa shape index (κ2) is 11.8. The summed E-state index contributed by atoms with van der Waals surface area (Å²) in [5.74, 6) is -0.435. The highest BCUT2D eigenvalue weighted by Crippen LogP contribution is 2.41. The van der Waals surface area contributed by atoms with Gasteiger partial charge in [0.25, 0.3) is 11.8 Å². The fourth-order valence-corrected chi connectivity index (χ4v) is 6.18. The van der Waals surface area contributed by atoms with Crippen LogP contribution in [0.15, 0.2) is 85.5 Å². The van der Waals surface area contributed by atoms with Crippen LogP contribution < -0.4 is 0 Å². The molecule has 0 bridgehead atoms. The van der Waals surface area contributed by atoms with E-state index in [0.29, 0.717) is 31.6 Å². The lowest BCUT2D eigenvalue weighted by molar-refractivity contribution is -0.133. The summed E-state index contributed by atoms with van der Waals surface area (Å²) in [6.45, 7) is 4.10. The average Bonchev–Trinajstić information content (AvgIpc) is 3.63. The number of piperazine rings is 1. The Kier molecular flexibility index (Phi) is 7.77. The maximum atomic E-state index is 14.2. The van der Waals surface area contributed by atoms with Gasteiger partial charge in [-0.05, 0) is 47.4 Å². The highest BCUT2D eigenvalue weighted by atomic mass is 16.4. The van der Waals surface area contributed by atoms with Gasteiger partial charge in [-0.1, -0.05) is 54.6 Å². The number of nitrogens with zero attached hydrogens (tertiary/aromatic N) is 6. The van der Waals surface area contributed by atoms with E-state index < -0.39 is 11.6 Å². The molecule has 4 aromatic rings. The Balaban J connectivity index is 1.26. The fourth-order valence-electron chi connectivity index (χ4n) is 6.18. The Hall–Kier alpha value is -5.19. The van der Waals surface area contributed by atoms with Crippen molar-refractivity contribution in [3.8, 4) is 0 Å². The highest BCUT2D eigenvalue weighted by Gasteiger charge is 2.55.